The number of hydrogen-bond donors (Lipinski definition) is 1. The summed E-state index contributed by atoms with van der Waals surface area (Å²) in [5, 5.41) is 15.1. The molecule has 2 aliphatic rings. The minimum atomic E-state index is -0.335. The van der Waals surface area contributed by atoms with Crippen molar-refractivity contribution in [2.75, 3.05) is 18.0 Å². The smallest absolute Gasteiger partial charge is 0.294 e. The Hall–Kier alpha value is -1.33. The molecule has 2 fully saturated rings. The second kappa shape index (κ2) is 5.58. The van der Waals surface area contributed by atoms with Gasteiger partial charge >= 0.3 is 0 Å². The van der Waals surface area contributed by atoms with Crippen LogP contribution in [-0.2, 0) is 0 Å². The Labute approximate surface area is 123 Å². The number of nitro groups is 1. The van der Waals surface area contributed by atoms with Gasteiger partial charge in [0.25, 0.3) is 5.69 Å². The van der Waals surface area contributed by atoms with Crippen molar-refractivity contribution in [3.05, 3.63) is 33.3 Å². The SMILES string of the molecule is O=[N+]([O-])c1cc(Cl)ccc1N(CC1CCCN1)C1CC1. The summed E-state index contributed by atoms with van der Waals surface area (Å²) in [5.74, 6) is 0. The van der Waals surface area contributed by atoms with Gasteiger partial charge in [0.05, 0.1) is 4.92 Å². The van der Waals surface area contributed by atoms with Crippen molar-refractivity contribution >= 4 is 23.0 Å². The number of nitrogens with one attached hydrogen (secondary N) is 1. The first-order chi connectivity index (χ1) is 9.65. The molecule has 20 heavy (non-hydrogen) atoms. The van der Waals surface area contributed by atoms with Gasteiger partial charge in [0.1, 0.15) is 5.69 Å². The molecule has 6 heteroatoms. The molecule has 1 saturated carbocycles. The maximum atomic E-state index is 11.3. The Kier molecular flexibility index (Phi) is 3.81. The van der Waals surface area contributed by atoms with Crippen LogP contribution in [0.15, 0.2) is 18.2 Å². The summed E-state index contributed by atoms with van der Waals surface area (Å²) in [7, 11) is 0. The maximum absolute atomic E-state index is 11.3. The van der Waals surface area contributed by atoms with Crippen LogP contribution in [0.5, 0.6) is 0 Å². The standard InChI is InChI=1S/C14H18ClN3O2/c15-10-3-6-13(14(8-10)18(19)20)17(12-4-5-12)9-11-2-1-7-16-11/h3,6,8,11-12,16H,1-2,4-5,7,9H2. The lowest BCUT2D eigenvalue weighted by molar-refractivity contribution is -0.384. The summed E-state index contributed by atoms with van der Waals surface area (Å²) in [6, 6.07) is 5.85. The zero-order valence-electron chi connectivity index (χ0n) is 11.2. The molecule has 1 aliphatic heterocycles. The van der Waals surface area contributed by atoms with Crippen molar-refractivity contribution in [1.29, 1.82) is 0 Å². The monoisotopic (exact) mass is 295 g/mol. The molecule has 108 valence electrons. The molecule has 3 rings (SSSR count). The second-order valence-electron chi connectivity index (χ2n) is 5.57. The zero-order valence-corrected chi connectivity index (χ0v) is 12.0. The summed E-state index contributed by atoms with van der Waals surface area (Å²) in [5.41, 5.74) is 0.818. The van der Waals surface area contributed by atoms with Crippen LogP contribution in [0.1, 0.15) is 25.7 Å². The van der Waals surface area contributed by atoms with E-state index in [-0.39, 0.29) is 10.6 Å². The maximum Gasteiger partial charge on any atom is 0.294 e. The van der Waals surface area contributed by atoms with E-state index in [1.807, 2.05) is 0 Å². The van der Waals surface area contributed by atoms with Gasteiger partial charge in [-0.05, 0) is 44.4 Å². The Morgan fingerprint density at radius 3 is 2.80 bits per heavy atom. The molecule has 1 heterocycles. The largest absolute Gasteiger partial charge is 0.361 e. The topological polar surface area (TPSA) is 58.4 Å². The lowest BCUT2D eigenvalue weighted by Crippen LogP contribution is -2.39. The number of nitro benzene ring substituents is 1. The summed E-state index contributed by atoms with van der Waals surface area (Å²) in [4.78, 5) is 13.1. The van der Waals surface area contributed by atoms with Gasteiger partial charge in [-0.15, -0.1) is 0 Å². The first-order valence-corrected chi connectivity index (χ1v) is 7.47. The van der Waals surface area contributed by atoms with E-state index in [4.69, 9.17) is 11.6 Å². The van der Waals surface area contributed by atoms with E-state index in [1.54, 1.807) is 12.1 Å². The molecule has 0 amide bonds. The molecule has 1 aromatic rings. The van der Waals surface area contributed by atoms with Crippen molar-refractivity contribution < 1.29 is 4.92 Å². The summed E-state index contributed by atoms with van der Waals surface area (Å²) < 4.78 is 0. The van der Waals surface area contributed by atoms with Crippen LogP contribution in [0.2, 0.25) is 5.02 Å². The highest BCUT2D eigenvalue weighted by atomic mass is 35.5. The Morgan fingerprint density at radius 2 is 2.20 bits per heavy atom. The average molecular weight is 296 g/mol. The van der Waals surface area contributed by atoms with E-state index >= 15 is 0 Å². The zero-order chi connectivity index (χ0) is 14.1. The molecule has 0 bridgehead atoms. The van der Waals surface area contributed by atoms with E-state index in [0.717, 1.165) is 32.4 Å². The molecule has 0 aromatic heterocycles. The predicted molar refractivity (Wildman–Crippen MR) is 79.5 cm³/mol. The predicted octanol–water partition coefficient (Wildman–Crippen LogP) is 2.97. The Balaban J connectivity index is 1.88. The van der Waals surface area contributed by atoms with Gasteiger partial charge in [-0.1, -0.05) is 11.6 Å². The van der Waals surface area contributed by atoms with Gasteiger partial charge in [-0.3, -0.25) is 10.1 Å². The lowest BCUT2D eigenvalue weighted by Gasteiger charge is -2.27. The van der Waals surface area contributed by atoms with E-state index in [2.05, 4.69) is 10.2 Å². The summed E-state index contributed by atoms with van der Waals surface area (Å²) in [6.45, 7) is 1.89. The van der Waals surface area contributed by atoms with Gasteiger partial charge < -0.3 is 10.2 Å². The van der Waals surface area contributed by atoms with Gasteiger partial charge in [-0.25, -0.2) is 0 Å². The highest BCUT2D eigenvalue weighted by Gasteiger charge is 2.34. The van der Waals surface area contributed by atoms with Gasteiger partial charge in [0.15, 0.2) is 0 Å². The molecule has 1 N–H and O–H groups in total. The third-order valence-corrected chi connectivity index (χ3v) is 4.25. The quantitative estimate of drug-likeness (QED) is 0.670. The average Bonchev–Trinajstić information content (AvgIpc) is 3.13. The molecule has 5 nitrogen and oxygen atoms in total. The van der Waals surface area contributed by atoms with Gasteiger partial charge in [-0.2, -0.15) is 0 Å². The molecule has 0 radical (unpaired) electrons. The molecule has 1 saturated heterocycles. The van der Waals surface area contributed by atoms with Crippen molar-refractivity contribution in [2.45, 2.75) is 37.8 Å². The second-order valence-corrected chi connectivity index (χ2v) is 6.00. The van der Waals surface area contributed by atoms with Crippen LogP contribution < -0.4 is 10.2 Å². The molecular weight excluding hydrogens is 278 g/mol. The summed E-state index contributed by atoms with van der Waals surface area (Å²) in [6.07, 6.45) is 4.56. The van der Waals surface area contributed by atoms with E-state index in [9.17, 15) is 10.1 Å². The number of anilines is 1. The number of rotatable bonds is 5. The number of benzene rings is 1. The van der Waals surface area contributed by atoms with Crippen molar-refractivity contribution in [1.82, 2.24) is 5.32 Å². The van der Waals surface area contributed by atoms with Crippen LogP contribution in [0.4, 0.5) is 11.4 Å². The van der Waals surface area contributed by atoms with Crippen LogP contribution in [0.25, 0.3) is 0 Å². The highest BCUT2D eigenvalue weighted by Crippen LogP contribution is 2.38. The fraction of sp³-hybridized carbons (Fsp3) is 0.571. The molecule has 1 unspecified atom stereocenters. The molecular formula is C14H18ClN3O2. The molecule has 1 atom stereocenters. The first-order valence-electron chi connectivity index (χ1n) is 7.09. The van der Waals surface area contributed by atoms with Crippen LogP contribution in [0.3, 0.4) is 0 Å². The Morgan fingerprint density at radius 1 is 1.40 bits per heavy atom. The minimum Gasteiger partial charge on any atom is -0.361 e. The molecule has 0 spiro atoms. The van der Waals surface area contributed by atoms with E-state index in [1.165, 1.54) is 12.5 Å². The van der Waals surface area contributed by atoms with E-state index in [0.29, 0.717) is 22.8 Å². The number of hydrogen-bond acceptors (Lipinski definition) is 4. The molecule has 1 aromatic carbocycles. The summed E-state index contributed by atoms with van der Waals surface area (Å²) >= 11 is 5.90. The van der Waals surface area contributed by atoms with Gasteiger partial charge in [0.2, 0.25) is 0 Å². The fourth-order valence-corrected chi connectivity index (χ4v) is 3.03. The fourth-order valence-electron chi connectivity index (χ4n) is 2.87. The number of halogens is 1. The third kappa shape index (κ3) is 2.88. The van der Waals surface area contributed by atoms with Gasteiger partial charge in [0, 0.05) is 29.7 Å². The molecule has 1 aliphatic carbocycles. The number of nitrogens with zero attached hydrogens (tertiary/aromatic N) is 2. The first kappa shape index (κ1) is 13.6. The minimum absolute atomic E-state index is 0.113. The van der Waals surface area contributed by atoms with Crippen LogP contribution >= 0.6 is 11.6 Å². The van der Waals surface area contributed by atoms with Crippen molar-refractivity contribution in [2.24, 2.45) is 0 Å². The van der Waals surface area contributed by atoms with Crippen molar-refractivity contribution in [3.63, 3.8) is 0 Å². The Bertz CT molecular complexity index is 513. The normalized spacial score (nSPS) is 21.9. The lowest BCUT2D eigenvalue weighted by atomic mass is 10.1. The van der Waals surface area contributed by atoms with Crippen LogP contribution in [-0.4, -0.2) is 30.1 Å². The van der Waals surface area contributed by atoms with Crippen molar-refractivity contribution in [3.8, 4) is 0 Å². The van der Waals surface area contributed by atoms with Crippen LogP contribution in [0, 0.1) is 10.1 Å². The third-order valence-electron chi connectivity index (χ3n) is 4.01. The van der Waals surface area contributed by atoms with E-state index < -0.39 is 0 Å². The highest BCUT2D eigenvalue weighted by molar-refractivity contribution is 6.30.